The predicted molar refractivity (Wildman–Crippen MR) is 71.8 cm³/mol. The SMILES string of the molecule is O=C1C[C@@H](N2CCN(c3ccccc3)CC2)C(=O)N1. The van der Waals surface area contributed by atoms with Crippen LogP contribution in [-0.2, 0) is 9.59 Å². The summed E-state index contributed by atoms with van der Waals surface area (Å²) in [5.41, 5.74) is 1.22. The molecule has 1 atom stereocenters. The van der Waals surface area contributed by atoms with Gasteiger partial charge in [-0.05, 0) is 12.1 Å². The molecule has 0 aliphatic carbocycles. The molecule has 1 aromatic carbocycles. The van der Waals surface area contributed by atoms with Crippen LogP contribution >= 0.6 is 0 Å². The standard InChI is InChI=1S/C14H17N3O2/c18-13-10-12(14(19)15-13)17-8-6-16(7-9-17)11-4-2-1-3-5-11/h1-5,12H,6-10H2,(H,15,18,19)/t12-/m1/s1. The Morgan fingerprint density at radius 1 is 1.00 bits per heavy atom. The maximum atomic E-state index is 11.6. The van der Waals surface area contributed by atoms with Crippen LogP contribution in [0.2, 0.25) is 0 Å². The Hall–Kier alpha value is -1.88. The summed E-state index contributed by atoms with van der Waals surface area (Å²) in [5, 5.41) is 2.37. The maximum absolute atomic E-state index is 11.6. The zero-order chi connectivity index (χ0) is 13.2. The number of carbonyl (C=O) groups excluding carboxylic acids is 2. The van der Waals surface area contributed by atoms with E-state index in [4.69, 9.17) is 0 Å². The molecule has 0 bridgehead atoms. The number of hydrogen-bond acceptors (Lipinski definition) is 4. The number of anilines is 1. The van der Waals surface area contributed by atoms with Gasteiger partial charge in [0.1, 0.15) is 0 Å². The quantitative estimate of drug-likeness (QED) is 0.772. The number of imide groups is 1. The smallest absolute Gasteiger partial charge is 0.244 e. The highest BCUT2D eigenvalue weighted by Crippen LogP contribution is 2.18. The third-order valence-corrected chi connectivity index (χ3v) is 3.82. The summed E-state index contributed by atoms with van der Waals surface area (Å²) in [5.74, 6) is -0.293. The van der Waals surface area contributed by atoms with Gasteiger partial charge in [-0.3, -0.25) is 19.8 Å². The first-order valence-corrected chi connectivity index (χ1v) is 6.62. The first kappa shape index (κ1) is 12.2. The summed E-state index contributed by atoms with van der Waals surface area (Å²) >= 11 is 0. The summed E-state index contributed by atoms with van der Waals surface area (Å²) < 4.78 is 0. The third kappa shape index (κ3) is 2.46. The minimum atomic E-state index is -0.259. The van der Waals surface area contributed by atoms with Gasteiger partial charge in [0.15, 0.2) is 0 Å². The zero-order valence-corrected chi connectivity index (χ0v) is 10.7. The molecule has 2 saturated heterocycles. The molecule has 2 amide bonds. The van der Waals surface area contributed by atoms with E-state index in [0.717, 1.165) is 26.2 Å². The molecule has 0 unspecified atom stereocenters. The Morgan fingerprint density at radius 2 is 1.68 bits per heavy atom. The summed E-state index contributed by atoms with van der Waals surface area (Å²) in [4.78, 5) is 27.3. The fraction of sp³-hybridized carbons (Fsp3) is 0.429. The molecular weight excluding hydrogens is 242 g/mol. The first-order chi connectivity index (χ1) is 9.24. The topological polar surface area (TPSA) is 52.7 Å². The average Bonchev–Trinajstić information content (AvgIpc) is 2.79. The molecule has 0 aromatic heterocycles. The summed E-state index contributed by atoms with van der Waals surface area (Å²) in [6.07, 6.45) is 0.310. The molecule has 5 nitrogen and oxygen atoms in total. The van der Waals surface area contributed by atoms with Crippen LogP contribution in [0, 0.1) is 0 Å². The van der Waals surface area contributed by atoms with E-state index in [9.17, 15) is 9.59 Å². The second-order valence-corrected chi connectivity index (χ2v) is 4.99. The highest BCUT2D eigenvalue weighted by molar-refractivity contribution is 6.05. The number of rotatable bonds is 2. The highest BCUT2D eigenvalue weighted by Gasteiger charge is 2.36. The van der Waals surface area contributed by atoms with Crippen molar-refractivity contribution >= 4 is 17.5 Å². The van der Waals surface area contributed by atoms with Crippen molar-refractivity contribution in [3.05, 3.63) is 30.3 Å². The Morgan fingerprint density at radius 3 is 2.26 bits per heavy atom. The Kier molecular flexibility index (Phi) is 3.21. The van der Waals surface area contributed by atoms with E-state index in [0.29, 0.717) is 6.42 Å². The van der Waals surface area contributed by atoms with Crippen LogP contribution in [-0.4, -0.2) is 48.9 Å². The number of benzene rings is 1. The lowest BCUT2D eigenvalue weighted by molar-refractivity contribution is -0.126. The Balaban J connectivity index is 1.61. The van der Waals surface area contributed by atoms with Crippen LogP contribution in [0.4, 0.5) is 5.69 Å². The van der Waals surface area contributed by atoms with Crippen molar-refractivity contribution in [1.29, 1.82) is 0 Å². The molecule has 100 valence electrons. The van der Waals surface area contributed by atoms with Crippen molar-refractivity contribution in [2.24, 2.45) is 0 Å². The second-order valence-electron chi connectivity index (χ2n) is 4.99. The van der Waals surface area contributed by atoms with Crippen LogP contribution < -0.4 is 10.2 Å². The first-order valence-electron chi connectivity index (χ1n) is 6.62. The number of amides is 2. The lowest BCUT2D eigenvalue weighted by Gasteiger charge is -2.37. The van der Waals surface area contributed by atoms with Crippen LogP contribution in [0.5, 0.6) is 0 Å². The van der Waals surface area contributed by atoms with Crippen molar-refractivity contribution in [3.63, 3.8) is 0 Å². The minimum Gasteiger partial charge on any atom is -0.369 e. The Labute approximate surface area is 112 Å². The van der Waals surface area contributed by atoms with Gasteiger partial charge in [-0.25, -0.2) is 0 Å². The number of hydrogen-bond donors (Lipinski definition) is 1. The molecule has 5 heteroatoms. The van der Waals surface area contributed by atoms with E-state index in [1.807, 2.05) is 18.2 Å². The van der Waals surface area contributed by atoms with Gasteiger partial charge in [0.2, 0.25) is 11.8 Å². The van der Waals surface area contributed by atoms with E-state index < -0.39 is 0 Å². The van der Waals surface area contributed by atoms with Gasteiger partial charge in [0.05, 0.1) is 12.5 Å². The molecular formula is C14H17N3O2. The average molecular weight is 259 g/mol. The molecule has 2 fully saturated rings. The molecule has 1 aromatic rings. The summed E-state index contributed by atoms with van der Waals surface area (Å²) in [6, 6.07) is 10.0. The molecule has 19 heavy (non-hydrogen) atoms. The van der Waals surface area contributed by atoms with Gasteiger partial charge in [-0.15, -0.1) is 0 Å². The van der Waals surface area contributed by atoms with E-state index in [1.165, 1.54) is 5.69 Å². The van der Waals surface area contributed by atoms with Gasteiger partial charge >= 0.3 is 0 Å². The number of nitrogens with one attached hydrogen (secondary N) is 1. The fourth-order valence-corrected chi connectivity index (χ4v) is 2.77. The lowest BCUT2D eigenvalue weighted by Crippen LogP contribution is -2.52. The largest absolute Gasteiger partial charge is 0.369 e. The lowest BCUT2D eigenvalue weighted by atomic mass is 10.1. The van der Waals surface area contributed by atoms with Gasteiger partial charge in [0, 0.05) is 31.9 Å². The number of nitrogens with zero attached hydrogens (tertiary/aromatic N) is 2. The van der Waals surface area contributed by atoms with Crippen molar-refractivity contribution in [2.45, 2.75) is 12.5 Å². The summed E-state index contributed by atoms with van der Waals surface area (Å²) in [7, 11) is 0. The third-order valence-electron chi connectivity index (χ3n) is 3.82. The van der Waals surface area contributed by atoms with Gasteiger partial charge in [0.25, 0.3) is 0 Å². The molecule has 0 saturated carbocycles. The van der Waals surface area contributed by atoms with E-state index in [2.05, 4.69) is 27.2 Å². The van der Waals surface area contributed by atoms with Crippen molar-refractivity contribution in [1.82, 2.24) is 10.2 Å². The number of carbonyl (C=O) groups is 2. The Bertz CT molecular complexity index is 481. The van der Waals surface area contributed by atoms with Crippen LogP contribution in [0.3, 0.4) is 0 Å². The van der Waals surface area contributed by atoms with Gasteiger partial charge in [-0.2, -0.15) is 0 Å². The normalized spacial score (nSPS) is 24.6. The molecule has 3 rings (SSSR count). The maximum Gasteiger partial charge on any atom is 0.244 e. The van der Waals surface area contributed by atoms with Crippen molar-refractivity contribution in [3.8, 4) is 0 Å². The monoisotopic (exact) mass is 259 g/mol. The molecule has 0 spiro atoms. The van der Waals surface area contributed by atoms with E-state index >= 15 is 0 Å². The molecule has 2 aliphatic heterocycles. The summed E-state index contributed by atoms with van der Waals surface area (Å²) in [6.45, 7) is 3.42. The van der Waals surface area contributed by atoms with Crippen molar-refractivity contribution in [2.75, 3.05) is 31.1 Å². The van der Waals surface area contributed by atoms with Crippen molar-refractivity contribution < 1.29 is 9.59 Å². The fourth-order valence-electron chi connectivity index (χ4n) is 2.77. The number of para-hydroxylation sites is 1. The van der Waals surface area contributed by atoms with Gasteiger partial charge in [-0.1, -0.05) is 18.2 Å². The molecule has 2 aliphatic rings. The van der Waals surface area contributed by atoms with Crippen LogP contribution in [0.25, 0.3) is 0 Å². The predicted octanol–water partition coefficient (Wildman–Crippen LogP) is 0.224. The van der Waals surface area contributed by atoms with E-state index in [1.54, 1.807) is 0 Å². The second kappa shape index (κ2) is 5.01. The molecule has 0 radical (unpaired) electrons. The van der Waals surface area contributed by atoms with Gasteiger partial charge < -0.3 is 4.90 Å². The van der Waals surface area contributed by atoms with Crippen LogP contribution in [0.15, 0.2) is 30.3 Å². The highest BCUT2D eigenvalue weighted by atomic mass is 16.2. The molecule has 1 N–H and O–H groups in total. The molecule has 2 heterocycles. The zero-order valence-electron chi connectivity index (χ0n) is 10.7. The minimum absolute atomic E-state index is 0.141. The number of piperazine rings is 1. The van der Waals surface area contributed by atoms with E-state index in [-0.39, 0.29) is 17.9 Å². The van der Waals surface area contributed by atoms with Crippen LogP contribution in [0.1, 0.15) is 6.42 Å².